The maximum absolute atomic E-state index is 9.55. The number of nitrogens with zero attached hydrogens (tertiary/aromatic N) is 4. The number of piperidine rings is 2. The first-order valence-corrected chi connectivity index (χ1v) is 14.2. The molecule has 6 atom stereocenters. The van der Waals surface area contributed by atoms with Gasteiger partial charge in [-0.25, -0.2) is 0 Å². The zero-order valence-electron chi connectivity index (χ0n) is 20.3. The first-order valence-electron chi connectivity index (χ1n) is 14.2. The Labute approximate surface area is 199 Å². The highest BCUT2D eigenvalue weighted by Gasteiger charge is 2.49. The molecule has 0 aromatic carbocycles. The van der Waals surface area contributed by atoms with Gasteiger partial charge in [0.1, 0.15) is 0 Å². The van der Waals surface area contributed by atoms with Gasteiger partial charge in [0.15, 0.2) is 0 Å². The van der Waals surface area contributed by atoms with Gasteiger partial charge in [0.2, 0.25) is 0 Å². The average Bonchev–Trinajstić information content (AvgIpc) is 3.65. The van der Waals surface area contributed by atoms with Crippen LogP contribution in [0, 0.1) is 35.5 Å². The summed E-state index contributed by atoms with van der Waals surface area (Å²) >= 11 is 0. The Kier molecular flexibility index (Phi) is 6.42. The van der Waals surface area contributed by atoms with Gasteiger partial charge in [-0.3, -0.25) is 9.80 Å². The van der Waals surface area contributed by atoms with Crippen LogP contribution < -0.4 is 0 Å². The maximum atomic E-state index is 9.55. The minimum atomic E-state index is 0.450. The molecule has 0 radical (unpaired) electrons. The lowest BCUT2D eigenvalue weighted by molar-refractivity contribution is 0.119. The van der Waals surface area contributed by atoms with E-state index in [4.69, 9.17) is 0 Å². The number of rotatable bonds is 6. The van der Waals surface area contributed by atoms with Gasteiger partial charge in [-0.1, -0.05) is 29.6 Å². The van der Waals surface area contributed by atoms with E-state index in [2.05, 4.69) is 20.1 Å². The van der Waals surface area contributed by atoms with E-state index >= 15 is 0 Å². The third-order valence-electron chi connectivity index (χ3n) is 10.8. The standard InChI is InChI=1S/C27H44N4O2/c32-28-24-20-4-6-22(16-20)26(24)30-12-8-18(9-13-30)2-1-3-19-10-14-31(15-11-19)27-23-7-5-21(17-23)25(27)29-33/h18-23,26-27,32-33H,1-17H2/b28-24-,29-25+/t20-,21-,22-,23-,26+,27-/m0/s1. The number of likely N-dealkylation sites (tertiary alicyclic amines) is 2. The SMILES string of the molecule is O/N=C1/[C@H]2CC[C@@H](C2)[C@H]1N1CCC(CCCC2CCN([C@@H]3/C(=N/O)[C@H]4CC[C@H]3C4)CC2)CC1. The molecule has 4 bridgehead atoms. The smallest absolute Gasteiger partial charge is 0.0775 e. The molecule has 2 aliphatic heterocycles. The fourth-order valence-corrected chi connectivity index (χ4v) is 9.10. The van der Waals surface area contributed by atoms with Crippen molar-refractivity contribution in [2.45, 2.75) is 95.6 Å². The van der Waals surface area contributed by atoms with Gasteiger partial charge < -0.3 is 10.4 Å². The van der Waals surface area contributed by atoms with Crippen LogP contribution in [0.3, 0.4) is 0 Å². The van der Waals surface area contributed by atoms with Gasteiger partial charge in [0.05, 0.1) is 23.5 Å². The van der Waals surface area contributed by atoms with Crippen molar-refractivity contribution in [2.24, 2.45) is 45.8 Å². The van der Waals surface area contributed by atoms with Crippen molar-refractivity contribution in [3.05, 3.63) is 0 Å². The number of oxime groups is 2. The van der Waals surface area contributed by atoms with Crippen molar-refractivity contribution in [1.82, 2.24) is 9.80 Å². The summed E-state index contributed by atoms with van der Waals surface area (Å²) in [4.78, 5) is 5.31. The zero-order valence-corrected chi connectivity index (χ0v) is 20.3. The highest BCUT2D eigenvalue weighted by Crippen LogP contribution is 2.47. The highest BCUT2D eigenvalue weighted by molar-refractivity contribution is 5.95. The predicted octanol–water partition coefficient (Wildman–Crippen LogP) is 4.84. The molecule has 4 saturated carbocycles. The fourth-order valence-electron chi connectivity index (χ4n) is 9.10. The van der Waals surface area contributed by atoms with E-state index in [1.807, 2.05) is 0 Å². The topological polar surface area (TPSA) is 71.7 Å². The molecule has 33 heavy (non-hydrogen) atoms. The van der Waals surface area contributed by atoms with Crippen LogP contribution in [0.25, 0.3) is 0 Å². The quantitative estimate of drug-likeness (QED) is 0.443. The van der Waals surface area contributed by atoms with Gasteiger partial charge in [-0.2, -0.15) is 0 Å². The third-order valence-corrected chi connectivity index (χ3v) is 10.8. The second kappa shape index (κ2) is 9.49. The summed E-state index contributed by atoms with van der Waals surface area (Å²) in [6.45, 7) is 4.81. The van der Waals surface area contributed by atoms with Crippen LogP contribution >= 0.6 is 0 Å². The largest absolute Gasteiger partial charge is 0.411 e. The Morgan fingerprint density at radius 2 is 1.03 bits per heavy atom. The zero-order chi connectivity index (χ0) is 22.4. The summed E-state index contributed by atoms with van der Waals surface area (Å²) in [6, 6.07) is 0.901. The minimum absolute atomic E-state index is 0.450. The molecular formula is C27H44N4O2. The summed E-state index contributed by atoms with van der Waals surface area (Å²) in [5.41, 5.74) is 2.22. The lowest BCUT2D eigenvalue weighted by Gasteiger charge is -2.40. The molecule has 0 aromatic rings. The maximum Gasteiger partial charge on any atom is 0.0775 e. The first-order chi connectivity index (χ1) is 16.2. The Morgan fingerprint density at radius 3 is 1.42 bits per heavy atom. The van der Waals surface area contributed by atoms with E-state index in [1.165, 1.54) is 110 Å². The van der Waals surface area contributed by atoms with Crippen LogP contribution in [-0.2, 0) is 0 Å². The van der Waals surface area contributed by atoms with Crippen molar-refractivity contribution >= 4 is 11.4 Å². The Morgan fingerprint density at radius 1 is 0.606 bits per heavy atom. The molecule has 6 nitrogen and oxygen atoms in total. The van der Waals surface area contributed by atoms with Crippen LogP contribution in [0.4, 0.5) is 0 Å². The Balaban J connectivity index is 0.904. The second-order valence-corrected chi connectivity index (χ2v) is 12.4. The summed E-state index contributed by atoms with van der Waals surface area (Å²) in [5, 5.41) is 26.6. The lowest BCUT2D eigenvalue weighted by Crippen LogP contribution is -2.48. The van der Waals surface area contributed by atoms with Crippen LogP contribution in [0.5, 0.6) is 0 Å². The summed E-state index contributed by atoms with van der Waals surface area (Å²) < 4.78 is 0. The molecule has 6 aliphatic rings. The van der Waals surface area contributed by atoms with Crippen LogP contribution in [-0.4, -0.2) is 69.9 Å². The number of fused-ring (bicyclic) bond motifs is 4. The van der Waals surface area contributed by atoms with Crippen molar-refractivity contribution in [3.63, 3.8) is 0 Å². The van der Waals surface area contributed by atoms with Gasteiger partial charge in [0.25, 0.3) is 0 Å². The molecule has 6 heteroatoms. The molecule has 184 valence electrons. The molecule has 2 N–H and O–H groups in total. The molecule has 0 amide bonds. The molecule has 4 aliphatic carbocycles. The molecular weight excluding hydrogens is 412 g/mol. The summed E-state index contributed by atoms with van der Waals surface area (Å²) in [7, 11) is 0. The summed E-state index contributed by atoms with van der Waals surface area (Å²) in [6.07, 6.45) is 17.2. The van der Waals surface area contributed by atoms with Gasteiger partial charge in [-0.05, 0) is 114 Å². The van der Waals surface area contributed by atoms with Crippen molar-refractivity contribution < 1.29 is 10.4 Å². The third kappa shape index (κ3) is 4.13. The molecule has 0 unspecified atom stereocenters. The van der Waals surface area contributed by atoms with Crippen LogP contribution in [0.15, 0.2) is 10.3 Å². The normalized spacial score (nSPS) is 42.9. The monoisotopic (exact) mass is 456 g/mol. The van der Waals surface area contributed by atoms with Crippen LogP contribution in [0.2, 0.25) is 0 Å². The second-order valence-electron chi connectivity index (χ2n) is 12.4. The van der Waals surface area contributed by atoms with E-state index in [0.29, 0.717) is 23.9 Å². The van der Waals surface area contributed by atoms with Crippen molar-refractivity contribution in [2.75, 3.05) is 26.2 Å². The van der Waals surface area contributed by atoms with Gasteiger partial charge in [0, 0.05) is 11.8 Å². The molecule has 6 fully saturated rings. The van der Waals surface area contributed by atoms with E-state index in [-0.39, 0.29) is 0 Å². The summed E-state index contributed by atoms with van der Waals surface area (Å²) in [5.74, 6) is 4.43. The fraction of sp³-hybridized carbons (Fsp3) is 0.926. The van der Waals surface area contributed by atoms with E-state index in [0.717, 1.165) is 35.1 Å². The number of hydrogen-bond donors (Lipinski definition) is 2. The van der Waals surface area contributed by atoms with E-state index in [1.54, 1.807) is 0 Å². The van der Waals surface area contributed by atoms with Crippen molar-refractivity contribution in [3.8, 4) is 0 Å². The molecule has 2 heterocycles. The van der Waals surface area contributed by atoms with Gasteiger partial charge in [-0.15, -0.1) is 0 Å². The Hall–Kier alpha value is -1.14. The van der Waals surface area contributed by atoms with Crippen LogP contribution in [0.1, 0.15) is 83.5 Å². The first kappa shape index (κ1) is 22.3. The molecule has 2 saturated heterocycles. The number of hydrogen-bond acceptors (Lipinski definition) is 6. The molecule has 0 aromatic heterocycles. The highest BCUT2D eigenvalue weighted by atomic mass is 16.4. The van der Waals surface area contributed by atoms with Crippen molar-refractivity contribution in [1.29, 1.82) is 0 Å². The van der Waals surface area contributed by atoms with Gasteiger partial charge >= 0.3 is 0 Å². The predicted molar refractivity (Wildman–Crippen MR) is 130 cm³/mol. The lowest BCUT2D eigenvalue weighted by atomic mass is 9.84. The van der Waals surface area contributed by atoms with E-state index in [9.17, 15) is 10.4 Å². The Bertz CT molecular complexity index is 691. The average molecular weight is 457 g/mol. The molecule has 0 spiro atoms. The van der Waals surface area contributed by atoms with E-state index < -0.39 is 0 Å². The minimum Gasteiger partial charge on any atom is -0.411 e. The molecule has 6 rings (SSSR count).